The number of nitrogens with zero attached hydrogens (tertiary/aromatic N) is 2. The van der Waals surface area contributed by atoms with Crippen molar-refractivity contribution in [3.8, 4) is 0 Å². The van der Waals surface area contributed by atoms with E-state index in [0.29, 0.717) is 5.56 Å². The van der Waals surface area contributed by atoms with Crippen LogP contribution in [-0.2, 0) is 31.3 Å². The number of likely N-dealkylation sites (N-methyl/N-ethyl adjacent to an activating group) is 1. The summed E-state index contributed by atoms with van der Waals surface area (Å²) in [5.74, 6) is -1.66. The lowest BCUT2D eigenvalue weighted by Gasteiger charge is -2.23. The van der Waals surface area contributed by atoms with Gasteiger partial charge in [-0.3, -0.25) is 33.3 Å². The van der Waals surface area contributed by atoms with Gasteiger partial charge in [-0.05, 0) is 27.1 Å². The minimum atomic E-state index is -4.67. The quantitative estimate of drug-likeness (QED) is 0.442. The molecule has 3 amide bonds. The summed E-state index contributed by atoms with van der Waals surface area (Å²) in [4.78, 5) is 39.1. The summed E-state index contributed by atoms with van der Waals surface area (Å²) in [6.07, 6.45) is 0.0662. The van der Waals surface area contributed by atoms with Gasteiger partial charge in [0.15, 0.2) is 0 Å². The maximum Gasteiger partial charge on any atom is 0.394 e. The summed E-state index contributed by atoms with van der Waals surface area (Å²) in [5.41, 5.74) is 0.346. The number of hydrogen-bond acceptors (Lipinski definition) is 6. The van der Waals surface area contributed by atoms with Crippen LogP contribution in [0.4, 0.5) is 4.39 Å². The number of halogens is 1. The van der Waals surface area contributed by atoms with Crippen LogP contribution in [0, 0.1) is 5.82 Å². The third kappa shape index (κ3) is 6.96. The lowest BCUT2D eigenvalue weighted by Crippen LogP contribution is -2.49. The highest BCUT2D eigenvalue weighted by molar-refractivity contribution is 7.79. The predicted molar refractivity (Wildman–Crippen MR) is 95.8 cm³/mol. The van der Waals surface area contributed by atoms with Gasteiger partial charge in [-0.25, -0.2) is 4.39 Å². The molecule has 156 valence electrons. The van der Waals surface area contributed by atoms with Gasteiger partial charge in [0, 0.05) is 12.1 Å². The van der Waals surface area contributed by atoms with Crippen molar-refractivity contribution in [3.05, 3.63) is 35.6 Å². The van der Waals surface area contributed by atoms with Gasteiger partial charge in [-0.2, -0.15) is 8.42 Å². The summed E-state index contributed by atoms with van der Waals surface area (Å²) >= 11 is 0. The van der Waals surface area contributed by atoms with E-state index in [1.54, 1.807) is 37.2 Å². The fourth-order valence-electron chi connectivity index (χ4n) is 2.53. The Balaban J connectivity index is 0.000000696. The number of imide groups is 1. The second kappa shape index (κ2) is 9.68. The first-order chi connectivity index (χ1) is 12.8. The van der Waals surface area contributed by atoms with Gasteiger partial charge in [0.2, 0.25) is 17.7 Å². The van der Waals surface area contributed by atoms with Crippen LogP contribution >= 0.6 is 0 Å². The minimum absolute atomic E-state index is 0.00315. The Labute approximate surface area is 161 Å². The first kappa shape index (κ1) is 23.6. The first-order valence-corrected chi connectivity index (χ1v) is 9.46. The number of rotatable bonds is 5. The van der Waals surface area contributed by atoms with E-state index >= 15 is 0 Å². The molecule has 0 radical (unpaired) electrons. The predicted octanol–water partition coefficient (Wildman–Crippen LogP) is -0.133. The fourth-order valence-corrected chi connectivity index (χ4v) is 2.53. The fraction of sp³-hybridized carbons (Fsp3) is 0.438. The van der Waals surface area contributed by atoms with E-state index < -0.39 is 34.2 Å². The van der Waals surface area contributed by atoms with Crippen LogP contribution in [0.25, 0.3) is 0 Å². The molecule has 12 heteroatoms. The molecule has 1 aromatic carbocycles. The highest BCUT2D eigenvalue weighted by Crippen LogP contribution is 2.19. The monoisotopic (exact) mass is 419 g/mol. The lowest BCUT2D eigenvalue weighted by atomic mass is 10.2. The van der Waals surface area contributed by atoms with Gasteiger partial charge >= 0.3 is 10.4 Å². The molecule has 1 heterocycles. The van der Waals surface area contributed by atoms with E-state index in [9.17, 15) is 18.8 Å². The van der Waals surface area contributed by atoms with Crippen LogP contribution in [0.2, 0.25) is 0 Å². The molecule has 10 nitrogen and oxygen atoms in total. The molecule has 1 fully saturated rings. The van der Waals surface area contributed by atoms with Gasteiger partial charge in [-0.1, -0.05) is 18.2 Å². The largest absolute Gasteiger partial charge is 0.394 e. The Morgan fingerprint density at radius 2 is 1.86 bits per heavy atom. The number of carbonyl (C=O) groups excluding carboxylic acids is 3. The summed E-state index contributed by atoms with van der Waals surface area (Å²) in [6.45, 7) is 1.49. The van der Waals surface area contributed by atoms with Gasteiger partial charge in [0.25, 0.3) is 0 Å². The maximum absolute atomic E-state index is 13.5. The lowest BCUT2D eigenvalue weighted by molar-refractivity contribution is -0.147. The molecule has 1 saturated heterocycles. The first-order valence-electron chi connectivity index (χ1n) is 8.06. The Hall–Kier alpha value is -2.41. The van der Waals surface area contributed by atoms with E-state index in [0.717, 1.165) is 4.90 Å². The Kier molecular flexibility index (Phi) is 8.17. The zero-order valence-corrected chi connectivity index (χ0v) is 16.3. The molecule has 0 aliphatic carbocycles. The molecule has 0 spiro atoms. The van der Waals surface area contributed by atoms with Gasteiger partial charge in [0.05, 0.1) is 12.5 Å². The summed E-state index contributed by atoms with van der Waals surface area (Å²) in [6, 6.07) is 4.64. The van der Waals surface area contributed by atoms with E-state index in [1.807, 2.05) is 0 Å². The topological polar surface area (TPSA) is 144 Å². The third-order valence-corrected chi connectivity index (χ3v) is 3.96. The highest BCUT2D eigenvalue weighted by Gasteiger charge is 2.43. The van der Waals surface area contributed by atoms with Crippen molar-refractivity contribution in [2.75, 3.05) is 14.1 Å². The zero-order valence-electron chi connectivity index (χ0n) is 15.5. The van der Waals surface area contributed by atoms with Crippen molar-refractivity contribution in [1.82, 2.24) is 15.1 Å². The zero-order chi connectivity index (χ0) is 21.6. The normalized spacial score (nSPS) is 18.0. The van der Waals surface area contributed by atoms with Crippen molar-refractivity contribution in [2.24, 2.45) is 0 Å². The molecule has 1 aliphatic heterocycles. The summed E-state index contributed by atoms with van der Waals surface area (Å²) in [7, 11) is -1.25. The van der Waals surface area contributed by atoms with Gasteiger partial charge in [0.1, 0.15) is 11.9 Å². The highest BCUT2D eigenvalue weighted by atomic mass is 32.3. The number of nitrogens with one attached hydrogen (secondary N) is 1. The number of benzene rings is 1. The molecule has 1 aliphatic rings. The molecule has 2 unspecified atom stereocenters. The van der Waals surface area contributed by atoms with Crippen LogP contribution in [0.5, 0.6) is 0 Å². The van der Waals surface area contributed by atoms with Crippen molar-refractivity contribution in [2.45, 2.75) is 32.0 Å². The minimum Gasteiger partial charge on any atom is -0.350 e. The van der Waals surface area contributed by atoms with Crippen LogP contribution in [0.1, 0.15) is 18.9 Å². The average Bonchev–Trinajstić information content (AvgIpc) is 2.86. The van der Waals surface area contributed by atoms with Crippen LogP contribution in [0.3, 0.4) is 0 Å². The van der Waals surface area contributed by atoms with E-state index in [-0.39, 0.29) is 24.8 Å². The Morgan fingerprint density at radius 3 is 2.32 bits per heavy atom. The van der Waals surface area contributed by atoms with Crippen LogP contribution in [-0.4, -0.2) is 71.2 Å². The molecule has 0 saturated carbocycles. The molecular weight excluding hydrogens is 397 g/mol. The number of carbonyl (C=O) groups is 3. The molecule has 0 bridgehead atoms. The Morgan fingerprint density at radius 1 is 1.32 bits per heavy atom. The average molecular weight is 419 g/mol. The number of likely N-dealkylation sites (tertiary alicyclic amines) is 1. The van der Waals surface area contributed by atoms with E-state index in [1.165, 1.54) is 13.0 Å². The van der Waals surface area contributed by atoms with Crippen molar-refractivity contribution >= 4 is 28.1 Å². The molecule has 2 atom stereocenters. The molecular formula is C16H22FN3O7S. The maximum atomic E-state index is 13.5. The summed E-state index contributed by atoms with van der Waals surface area (Å²) in [5, 5.41) is 2.56. The van der Waals surface area contributed by atoms with E-state index in [4.69, 9.17) is 17.5 Å². The second-order valence-corrected chi connectivity index (χ2v) is 7.11. The standard InChI is InChI=1S/C16H20FN3O3.H2O4S/c1-10(20-14(21)8-13(16(20)23)19(2)3)15(22)18-9-11-6-4-5-7-12(11)17;1-5(2,3)4/h4-7,10,13H,8-9H2,1-3H3,(H,18,22);(H2,1,2,3,4). The van der Waals surface area contributed by atoms with E-state index in [2.05, 4.69) is 5.32 Å². The van der Waals surface area contributed by atoms with Crippen LogP contribution in [0.15, 0.2) is 24.3 Å². The molecule has 28 heavy (non-hydrogen) atoms. The van der Waals surface area contributed by atoms with Crippen molar-refractivity contribution in [1.29, 1.82) is 0 Å². The van der Waals surface area contributed by atoms with Crippen molar-refractivity contribution < 1.29 is 36.3 Å². The SMILES string of the molecule is CC(C(=O)NCc1ccccc1F)N1C(=O)CC(N(C)C)C1=O.O=S(=O)(O)O. The van der Waals surface area contributed by atoms with Crippen LogP contribution < -0.4 is 5.32 Å². The van der Waals surface area contributed by atoms with Gasteiger partial charge in [-0.15, -0.1) is 0 Å². The Bertz CT molecular complexity index is 836. The smallest absolute Gasteiger partial charge is 0.350 e. The molecule has 3 N–H and O–H groups in total. The van der Waals surface area contributed by atoms with Crippen molar-refractivity contribution in [3.63, 3.8) is 0 Å². The van der Waals surface area contributed by atoms with Gasteiger partial charge < -0.3 is 5.32 Å². The third-order valence-electron chi connectivity index (χ3n) is 3.96. The second-order valence-electron chi connectivity index (χ2n) is 6.22. The number of hydrogen-bond donors (Lipinski definition) is 3. The number of amides is 3. The molecule has 1 aromatic rings. The molecule has 2 rings (SSSR count). The molecule has 0 aromatic heterocycles. The summed E-state index contributed by atoms with van der Waals surface area (Å²) < 4.78 is 45.1.